The second-order valence-corrected chi connectivity index (χ2v) is 3.44. The van der Waals surface area contributed by atoms with Gasteiger partial charge in [0.2, 0.25) is 0 Å². The average Bonchev–Trinajstić information content (AvgIpc) is 2.05. The molecule has 0 aliphatic heterocycles. The van der Waals surface area contributed by atoms with E-state index < -0.39 is 0 Å². The van der Waals surface area contributed by atoms with Crippen molar-refractivity contribution in [2.24, 2.45) is 0 Å². The molecule has 2 nitrogen and oxygen atoms in total. The van der Waals surface area contributed by atoms with Crippen LogP contribution in [0.4, 0.5) is 0 Å². The van der Waals surface area contributed by atoms with Gasteiger partial charge in [-0.25, -0.2) is 0 Å². The lowest BCUT2D eigenvalue weighted by Crippen LogP contribution is -2.20. The molecule has 0 saturated carbocycles. The van der Waals surface area contributed by atoms with Crippen molar-refractivity contribution in [1.29, 1.82) is 0 Å². The summed E-state index contributed by atoms with van der Waals surface area (Å²) in [5.74, 6) is 0. The van der Waals surface area contributed by atoms with Gasteiger partial charge >= 0.3 is 0 Å². The van der Waals surface area contributed by atoms with Gasteiger partial charge in [-0.2, -0.15) is 0 Å². The summed E-state index contributed by atoms with van der Waals surface area (Å²) in [6.45, 7) is 4.98. The summed E-state index contributed by atoms with van der Waals surface area (Å²) in [4.78, 5) is 2.37. The molecular weight excluding hydrogens is 150 g/mol. The van der Waals surface area contributed by atoms with Gasteiger partial charge in [0.05, 0.1) is 0 Å². The highest BCUT2D eigenvalue weighted by Gasteiger charge is 1.95. The molecule has 0 unspecified atom stereocenters. The molecule has 0 rings (SSSR count). The van der Waals surface area contributed by atoms with Crippen molar-refractivity contribution < 1.29 is 5.11 Å². The number of aliphatic hydroxyl groups excluding tert-OH is 1. The van der Waals surface area contributed by atoms with E-state index in [-0.39, 0.29) is 0 Å². The van der Waals surface area contributed by atoms with Crippen molar-refractivity contribution >= 4 is 0 Å². The highest BCUT2D eigenvalue weighted by atomic mass is 16.2. The van der Waals surface area contributed by atoms with Gasteiger partial charge in [0, 0.05) is 6.61 Å². The maximum Gasteiger partial charge on any atom is 0.0431 e. The van der Waals surface area contributed by atoms with Crippen LogP contribution < -0.4 is 0 Å². The fourth-order valence-electron chi connectivity index (χ4n) is 1.34. The highest BCUT2D eigenvalue weighted by molar-refractivity contribution is 4.50. The van der Waals surface area contributed by atoms with Crippen LogP contribution in [0.5, 0.6) is 0 Å². The minimum atomic E-state index is 0.352. The molecule has 0 amide bonds. The summed E-state index contributed by atoms with van der Waals surface area (Å²) in [7, 11) is 2.18. The molecule has 0 atom stereocenters. The van der Waals surface area contributed by atoms with Crippen molar-refractivity contribution in [1.82, 2.24) is 4.90 Å². The maximum absolute atomic E-state index is 8.55. The zero-order valence-corrected chi connectivity index (χ0v) is 8.55. The number of hydrogen-bond donors (Lipinski definition) is 1. The van der Waals surface area contributed by atoms with Crippen LogP contribution in [0.1, 0.15) is 39.0 Å². The quantitative estimate of drug-likeness (QED) is 0.566. The molecule has 0 bridgehead atoms. The van der Waals surface area contributed by atoms with Crippen molar-refractivity contribution in [3.05, 3.63) is 0 Å². The minimum absolute atomic E-state index is 0.352. The van der Waals surface area contributed by atoms with Gasteiger partial charge in [-0.3, -0.25) is 0 Å². The Morgan fingerprint density at radius 3 is 2.25 bits per heavy atom. The monoisotopic (exact) mass is 173 g/mol. The normalized spacial score (nSPS) is 11.0. The van der Waals surface area contributed by atoms with E-state index in [4.69, 9.17) is 5.11 Å². The lowest BCUT2D eigenvalue weighted by atomic mass is 10.2. The molecule has 74 valence electrons. The Morgan fingerprint density at radius 1 is 1.00 bits per heavy atom. The van der Waals surface area contributed by atoms with E-state index in [1.165, 1.54) is 38.8 Å². The Bertz CT molecular complexity index is 85.9. The van der Waals surface area contributed by atoms with E-state index in [1.807, 2.05) is 0 Å². The van der Waals surface area contributed by atoms with Crippen LogP contribution in [0.25, 0.3) is 0 Å². The minimum Gasteiger partial charge on any atom is -0.396 e. The van der Waals surface area contributed by atoms with Gasteiger partial charge in [-0.05, 0) is 39.4 Å². The predicted octanol–water partition coefficient (Wildman–Crippen LogP) is 1.88. The molecule has 0 fully saturated rings. The third-order valence-electron chi connectivity index (χ3n) is 2.05. The van der Waals surface area contributed by atoms with Crippen LogP contribution in [0, 0.1) is 0 Å². The number of aliphatic hydroxyl groups is 1. The average molecular weight is 173 g/mol. The Labute approximate surface area is 76.6 Å². The molecule has 0 aliphatic rings. The van der Waals surface area contributed by atoms with Crippen LogP contribution in [-0.2, 0) is 0 Å². The van der Waals surface area contributed by atoms with Gasteiger partial charge < -0.3 is 10.0 Å². The third kappa shape index (κ3) is 8.02. The second kappa shape index (κ2) is 9.01. The zero-order valence-electron chi connectivity index (χ0n) is 8.55. The van der Waals surface area contributed by atoms with E-state index in [1.54, 1.807) is 0 Å². The fraction of sp³-hybridized carbons (Fsp3) is 1.00. The van der Waals surface area contributed by atoms with Crippen LogP contribution in [0.3, 0.4) is 0 Å². The lowest BCUT2D eigenvalue weighted by Gasteiger charge is -2.14. The Kier molecular flexibility index (Phi) is 8.95. The summed E-state index contributed by atoms with van der Waals surface area (Å²) in [6, 6.07) is 0. The van der Waals surface area contributed by atoms with Gasteiger partial charge in [-0.15, -0.1) is 0 Å². The van der Waals surface area contributed by atoms with E-state index in [0.29, 0.717) is 6.61 Å². The first kappa shape index (κ1) is 11.9. The predicted molar refractivity (Wildman–Crippen MR) is 53.3 cm³/mol. The summed E-state index contributed by atoms with van der Waals surface area (Å²) < 4.78 is 0. The molecule has 2 heteroatoms. The van der Waals surface area contributed by atoms with Crippen LogP contribution >= 0.6 is 0 Å². The molecule has 0 saturated heterocycles. The van der Waals surface area contributed by atoms with E-state index in [0.717, 1.165) is 6.42 Å². The fourth-order valence-corrected chi connectivity index (χ4v) is 1.34. The van der Waals surface area contributed by atoms with Crippen LogP contribution in [0.15, 0.2) is 0 Å². The third-order valence-corrected chi connectivity index (χ3v) is 2.05. The summed E-state index contributed by atoms with van der Waals surface area (Å²) in [6.07, 6.45) is 5.92. The van der Waals surface area contributed by atoms with Crippen LogP contribution in [0.2, 0.25) is 0 Å². The van der Waals surface area contributed by atoms with Gasteiger partial charge in [-0.1, -0.05) is 19.8 Å². The van der Waals surface area contributed by atoms with Gasteiger partial charge in [0.15, 0.2) is 0 Å². The highest BCUT2D eigenvalue weighted by Crippen LogP contribution is 2.00. The number of hydrogen-bond acceptors (Lipinski definition) is 2. The molecule has 0 spiro atoms. The molecule has 0 heterocycles. The number of rotatable bonds is 8. The van der Waals surface area contributed by atoms with Gasteiger partial charge in [0.25, 0.3) is 0 Å². The van der Waals surface area contributed by atoms with Gasteiger partial charge in [0.1, 0.15) is 0 Å². The Balaban J connectivity index is 2.97. The van der Waals surface area contributed by atoms with E-state index in [9.17, 15) is 0 Å². The largest absolute Gasteiger partial charge is 0.396 e. The smallest absolute Gasteiger partial charge is 0.0431 e. The SMILES string of the molecule is CCCN(C)CCCCCCO. The zero-order chi connectivity index (χ0) is 9.23. The molecular formula is C10H23NO. The molecule has 1 N–H and O–H groups in total. The van der Waals surface area contributed by atoms with Crippen molar-refractivity contribution in [3.63, 3.8) is 0 Å². The van der Waals surface area contributed by atoms with Crippen LogP contribution in [-0.4, -0.2) is 36.8 Å². The first-order chi connectivity index (χ1) is 5.81. The van der Waals surface area contributed by atoms with Crippen molar-refractivity contribution in [2.75, 3.05) is 26.7 Å². The van der Waals surface area contributed by atoms with Crippen molar-refractivity contribution in [2.45, 2.75) is 39.0 Å². The standard InChI is InChI=1S/C10H23NO/c1-3-8-11(2)9-6-4-5-7-10-12/h12H,3-10H2,1-2H3. The second-order valence-electron chi connectivity index (χ2n) is 3.44. The lowest BCUT2D eigenvalue weighted by molar-refractivity contribution is 0.278. The molecule has 12 heavy (non-hydrogen) atoms. The molecule has 0 radical (unpaired) electrons. The maximum atomic E-state index is 8.55. The summed E-state index contributed by atoms with van der Waals surface area (Å²) in [5.41, 5.74) is 0. The molecule has 0 aromatic rings. The number of unbranched alkanes of at least 4 members (excludes halogenated alkanes) is 3. The first-order valence-corrected chi connectivity index (χ1v) is 5.10. The summed E-state index contributed by atoms with van der Waals surface area (Å²) in [5, 5.41) is 8.55. The molecule has 0 aliphatic carbocycles. The van der Waals surface area contributed by atoms with E-state index >= 15 is 0 Å². The topological polar surface area (TPSA) is 23.5 Å². The summed E-state index contributed by atoms with van der Waals surface area (Å²) >= 11 is 0. The Morgan fingerprint density at radius 2 is 1.67 bits per heavy atom. The molecule has 0 aromatic heterocycles. The number of nitrogens with zero attached hydrogens (tertiary/aromatic N) is 1. The first-order valence-electron chi connectivity index (χ1n) is 5.10. The van der Waals surface area contributed by atoms with Crippen molar-refractivity contribution in [3.8, 4) is 0 Å². The van der Waals surface area contributed by atoms with E-state index in [2.05, 4.69) is 18.9 Å². The Hall–Kier alpha value is -0.0800. The molecule has 0 aromatic carbocycles.